The van der Waals surface area contributed by atoms with Crippen LogP contribution < -0.4 is 0 Å². The van der Waals surface area contributed by atoms with Crippen LogP contribution in [0, 0.1) is 0 Å². The molecule has 1 atom stereocenters. The maximum Gasteiger partial charge on any atom is 0.423 e. The highest BCUT2D eigenvalue weighted by molar-refractivity contribution is 5.93. The summed E-state index contributed by atoms with van der Waals surface area (Å²) in [6.45, 7) is 7.35. The summed E-state index contributed by atoms with van der Waals surface area (Å²) in [6.07, 6.45) is -2.52. The number of hydrogen-bond donors (Lipinski definition) is 1. The van der Waals surface area contributed by atoms with Gasteiger partial charge in [0, 0.05) is 17.4 Å². The molecule has 1 unspecified atom stereocenters. The van der Waals surface area contributed by atoms with Crippen LogP contribution in [0.5, 0.6) is 0 Å². The summed E-state index contributed by atoms with van der Waals surface area (Å²) < 4.78 is 48.1. The van der Waals surface area contributed by atoms with Gasteiger partial charge in [-0.2, -0.15) is 13.2 Å². The van der Waals surface area contributed by atoms with Crippen LogP contribution in [0.25, 0.3) is 5.52 Å². The number of alkyl halides is 3. The van der Waals surface area contributed by atoms with Gasteiger partial charge in [-0.1, -0.05) is 26.0 Å². The van der Waals surface area contributed by atoms with Gasteiger partial charge in [-0.3, -0.25) is 0 Å². The van der Waals surface area contributed by atoms with Crippen molar-refractivity contribution in [1.82, 2.24) is 19.4 Å². The minimum Gasteiger partial charge on any atom is -0.462 e. The fourth-order valence-electron chi connectivity index (χ4n) is 3.59. The molecular weight excluding hydrogens is 413 g/mol. The monoisotopic (exact) mass is 438 g/mol. The molecule has 3 heterocycles. The van der Waals surface area contributed by atoms with E-state index in [1.807, 2.05) is 24.3 Å². The van der Waals surface area contributed by atoms with E-state index in [1.165, 1.54) is 11.6 Å². The predicted molar refractivity (Wildman–Crippen MR) is 107 cm³/mol. The number of ether oxygens (including phenoxy) is 1. The van der Waals surface area contributed by atoms with Crippen LogP contribution in [-0.4, -0.2) is 43.3 Å². The Morgan fingerprint density at radius 3 is 2.55 bits per heavy atom. The molecule has 0 aromatic carbocycles. The van der Waals surface area contributed by atoms with E-state index in [9.17, 15) is 23.1 Å². The molecule has 0 amide bonds. The summed E-state index contributed by atoms with van der Waals surface area (Å²) in [4.78, 5) is 12.3. The number of nitrogens with zero attached hydrogens (tertiary/aromatic N) is 4. The van der Waals surface area contributed by atoms with E-state index in [0.29, 0.717) is 5.56 Å². The Bertz CT molecular complexity index is 1090. The van der Waals surface area contributed by atoms with Gasteiger partial charge in [0.25, 0.3) is 0 Å². The largest absolute Gasteiger partial charge is 0.462 e. The van der Waals surface area contributed by atoms with Crippen LogP contribution in [0.15, 0.2) is 30.6 Å². The lowest BCUT2D eigenvalue weighted by atomic mass is 9.96. The molecule has 168 valence electrons. The number of carbonyl (C=O) groups excluding carboxylic acids is 1. The highest BCUT2D eigenvalue weighted by atomic mass is 19.4. The number of esters is 1. The molecule has 0 spiro atoms. The van der Waals surface area contributed by atoms with E-state index >= 15 is 0 Å². The van der Waals surface area contributed by atoms with Gasteiger partial charge < -0.3 is 14.2 Å². The second-order valence-electron chi connectivity index (χ2n) is 7.66. The first-order chi connectivity index (χ1) is 14.5. The lowest BCUT2D eigenvalue weighted by molar-refractivity contribution is -0.269. The molecule has 10 heteroatoms. The molecule has 3 rings (SSSR count). The fraction of sp³-hybridized carbons (Fsp3) is 0.476. The minimum atomic E-state index is -4.86. The zero-order valence-electron chi connectivity index (χ0n) is 17.8. The first-order valence-corrected chi connectivity index (χ1v) is 10.0. The SMILES string of the molecule is CCOC(=O)c1cc2cc(Cn3cc(C(O)(CC)C(F)(F)F)nn3)ccn2c1C(C)C. The van der Waals surface area contributed by atoms with Crippen molar-refractivity contribution in [3.8, 4) is 0 Å². The third kappa shape index (κ3) is 4.16. The van der Waals surface area contributed by atoms with Crippen LogP contribution in [0.1, 0.15) is 67.3 Å². The normalized spacial score (nSPS) is 14.2. The molecule has 7 nitrogen and oxygen atoms in total. The van der Waals surface area contributed by atoms with Crippen LogP contribution in [0.2, 0.25) is 0 Å². The molecule has 0 aliphatic rings. The molecule has 0 saturated heterocycles. The van der Waals surface area contributed by atoms with Crippen molar-refractivity contribution < 1.29 is 27.8 Å². The Labute approximate surface area is 177 Å². The summed E-state index contributed by atoms with van der Waals surface area (Å²) in [5.41, 5.74) is -0.782. The van der Waals surface area contributed by atoms with Gasteiger partial charge in [-0.15, -0.1) is 5.10 Å². The van der Waals surface area contributed by atoms with Crippen LogP contribution in [0.3, 0.4) is 0 Å². The van der Waals surface area contributed by atoms with E-state index < -0.39 is 29.9 Å². The summed E-state index contributed by atoms with van der Waals surface area (Å²) in [5.74, 6) is -0.330. The topological polar surface area (TPSA) is 81.6 Å². The second-order valence-corrected chi connectivity index (χ2v) is 7.66. The number of pyridine rings is 1. The number of carbonyl (C=O) groups is 1. The third-order valence-corrected chi connectivity index (χ3v) is 5.21. The standard InChI is InChI=1S/C21H25F3N4O3/c1-5-20(30,21(22,23)24)17-12-27(26-25-17)11-14-7-8-28-15(9-14)10-16(18(28)13(3)4)19(29)31-6-2/h7-10,12-13,30H,5-6,11H2,1-4H3. The summed E-state index contributed by atoms with van der Waals surface area (Å²) in [7, 11) is 0. The van der Waals surface area contributed by atoms with Crippen molar-refractivity contribution in [2.75, 3.05) is 6.61 Å². The van der Waals surface area contributed by atoms with Crippen molar-refractivity contribution in [3.05, 3.63) is 53.1 Å². The minimum absolute atomic E-state index is 0.0692. The van der Waals surface area contributed by atoms with Gasteiger partial charge in [0.15, 0.2) is 0 Å². The lowest BCUT2D eigenvalue weighted by Crippen LogP contribution is -2.42. The molecule has 0 aliphatic carbocycles. The molecule has 0 saturated carbocycles. The molecule has 0 fully saturated rings. The van der Waals surface area contributed by atoms with Crippen molar-refractivity contribution in [2.24, 2.45) is 0 Å². The molecule has 3 aromatic rings. The van der Waals surface area contributed by atoms with Gasteiger partial charge in [-0.05, 0) is 43.0 Å². The molecule has 0 bridgehead atoms. The summed E-state index contributed by atoms with van der Waals surface area (Å²) >= 11 is 0. The van der Waals surface area contributed by atoms with Crippen molar-refractivity contribution in [3.63, 3.8) is 0 Å². The van der Waals surface area contributed by atoms with Crippen LogP contribution in [0.4, 0.5) is 13.2 Å². The lowest BCUT2D eigenvalue weighted by Gasteiger charge is -2.26. The number of rotatable bonds is 7. The van der Waals surface area contributed by atoms with Crippen LogP contribution >= 0.6 is 0 Å². The van der Waals surface area contributed by atoms with E-state index in [0.717, 1.165) is 23.0 Å². The fourth-order valence-corrected chi connectivity index (χ4v) is 3.59. The number of fused-ring (bicyclic) bond motifs is 1. The third-order valence-electron chi connectivity index (χ3n) is 5.21. The smallest absolute Gasteiger partial charge is 0.423 e. The molecule has 0 aliphatic heterocycles. The summed E-state index contributed by atoms with van der Waals surface area (Å²) in [6, 6.07) is 5.36. The van der Waals surface area contributed by atoms with E-state index in [1.54, 1.807) is 25.3 Å². The van der Waals surface area contributed by atoms with Crippen molar-refractivity contribution in [1.29, 1.82) is 0 Å². The van der Waals surface area contributed by atoms with Gasteiger partial charge >= 0.3 is 12.1 Å². The van der Waals surface area contributed by atoms with Crippen molar-refractivity contribution >= 4 is 11.5 Å². The molecule has 31 heavy (non-hydrogen) atoms. The number of aromatic nitrogens is 4. The highest BCUT2D eigenvalue weighted by Crippen LogP contribution is 2.40. The van der Waals surface area contributed by atoms with Crippen molar-refractivity contribution in [2.45, 2.75) is 58.4 Å². The first-order valence-electron chi connectivity index (χ1n) is 10.0. The number of aliphatic hydroxyl groups is 1. The first kappa shape index (κ1) is 22.8. The van der Waals surface area contributed by atoms with Gasteiger partial charge in [0.05, 0.1) is 24.9 Å². The van der Waals surface area contributed by atoms with E-state index in [4.69, 9.17) is 4.74 Å². The Morgan fingerprint density at radius 1 is 1.26 bits per heavy atom. The average Bonchev–Trinajstić information content (AvgIpc) is 3.31. The Balaban J connectivity index is 1.93. The summed E-state index contributed by atoms with van der Waals surface area (Å²) in [5, 5.41) is 17.3. The quantitative estimate of drug-likeness (QED) is 0.563. The number of hydrogen-bond acceptors (Lipinski definition) is 5. The Kier molecular flexibility index (Phi) is 6.13. The molecule has 3 aromatic heterocycles. The Morgan fingerprint density at radius 2 is 1.97 bits per heavy atom. The predicted octanol–water partition coefficient (Wildman–Crippen LogP) is 4.04. The average molecular weight is 438 g/mol. The van der Waals surface area contributed by atoms with Gasteiger partial charge in [0.2, 0.25) is 5.60 Å². The maximum absolute atomic E-state index is 13.3. The van der Waals surface area contributed by atoms with E-state index in [2.05, 4.69) is 10.3 Å². The zero-order valence-corrected chi connectivity index (χ0v) is 17.8. The number of halogens is 3. The second kappa shape index (κ2) is 8.33. The van der Waals surface area contributed by atoms with Gasteiger partial charge in [0.1, 0.15) is 5.69 Å². The molecular formula is C21H25F3N4O3. The highest BCUT2D eigenvalue weighted by Gasteiger charge is 2.55. The zero-order chi connectivity index (χ0) is 23.0. The van der Waals surface area contributed by atoms with E-state index in [-0.39, 0.29) is 19.1 Å². The molecule has 0 radical (unpaired) electrons. The van der Waals surface area contributed by atoms with Crippen LogP contribution in [-0.2, 0) is 16.9 Å². The maximum atomic E-state index is 13.3. The molecule has 1 N–H and O–H groups in total. The Hall–Kier alpha value is -2.88. The van der Waals surface area contributed by atoms with Gasteiger partial charge in [-0.25, -0.2) is 9.48 Å².